The number of nitrogens with one attached hydrogen (secondary N) is 3. The van der Waals surface area contributed by atoms with Crippen molar-refractivity contribution in [2.75, 3.05) is 34.5 Å². The molecule has 0 saturated carbocycles. The Labute approximate surface area is 239 Å². The summed E-state index contributed by atoms with van der Waals surface area (Å²) in [6.07, 6.45) is 2.74. The van der Waals surface area contributed by atoms with E-state index < -0.39 is 24.3 Å². The van der Waals surface area contributed by atoms with E-state index >= 15 is 0 Å². The van der Waals surface area contributed by atoms with Gasteiger partial charge in [-0.3, -0.25) is 5.43 Å². The molecule has 0 radical (unpaired) electrons. The second-order valence-corrected chi connectivity index (χ2v) is 8.82. The normalized spacial score (nSPS) is 15.5. The Morgan fingerprint density at radius 1 is 1.15 bits per heavy atom. The Balaban J connectivity index is 1.71. The molecule has 0 unspecified atom stereocenters. The highest BCUT2D eigenvalue weighted by Crippen LogP contribution is 2.35. The summed E-state index contributed by atoms with van der Waals surface area (Å²) < 4.78 is 27.3. The number of methoxy groups -OCH3 is 3. The van der Waals surface area contributed by atoms with E-state index in [4.69, 9.17) is 23.7 Å². The smallest absolute Gasteiger partial charge is 0.337 e. The number of nitrogens with zero attached hydrogens (tertiary/aromatic N) is 1. The van der Waals surface area contributed by atoms with Gasteiger partial charge in [0.05, 0.1) is 45.8 Å². The molecule has 2 amide bonds. The molecular formula is C29H36N4O8. The molecule has 4 N–H and O–H groups in total. The van der Waals surface area contributed by atoms with Gasteiger partial charge in [-0.15, -0.1) is 6.58 Å². The summed E-state index contributed by atoms with van der Waals surface area (Å²) >= 11 is 0. The summed E-state index contributed by atoms with van der Waals surface area (Å²) in [5, 5.41) is 19.8. The van der Waals surface area contributed by atoms with E-state index in [9.17, 15) is 14.7 Å². The van der Waals surface area contributed by atoms with Gasteiger partial charge in [-0.2, -0.15) is 5.10 Å². The van der Waals surface area contributed by atoms with Crippen LogP contribution in [-0.2, 0) is 16.0 Å². The van der Waals surface area contributed by atoms with E-state index in [0.717, 1.165) is 11.1 Å². The van der Waals surface area contributed by atoms with Crippen LogP contribution < -0.4 is 35.0 Å². The van der Waals surface area contributed by atoms with Gasteiger partial charge in [0.15, 0.2) is 29.2 Å². The van der Waals surface area contributed by atoms with Gasteiger partial charge in [0.1, 0.15) is 6.61 Å². The number of allylic oxidation sites excluding steroid dienone is 2. The summed E-state index contributed by atoms with van der Waals surface area (Å²) in [4.78, 5) is 24.5. The van der Waals surface area contributed by atoms with Crippen LogP contribution in [0.3, 0.4) is 0 Å². The molecule has 2 aromatic carbocycles. The number of urea groups is 1. The van der Waals surface area contributed by atoms with Crippen molar-refractivity contribution in [3.63, 3.8) is 0 Å². The fourth-order valence-corrected chi connectivity index (χ4v) is 4.27. The van der Waals surface area contributed by atoms with E-state index in [0.29, 0.717) is 47.3 Å². The van der Waals surface area contributed by atoms with Gasteiger partial charge in [-0.1, -0.05) is 12.1 Å². The number of esters is 1. The Bertz CT molecular complexity index is 1320. The lowest BCUT2D eigenvalue weighted by atomic mass is 9.95. The van der Waals surface area contributed by atoms with Crippen LogP contribution in [0.15, 0.2) is 59.4 Å². The highest BCUT2D eigenvalue weighted by atomic mass is 16.5. The Morgan fingerprint density at radius 2 is 1.93 bits per heavy atom. The summed E-state index contributed by atoms with van der Waals surface area (Å²) in [5.41, 5.74) is 5.49. The van der Waals surface area contributed by atoms with Crippen LogP contribution in [-0.4, -0.2) is 64.1 Å². The molecule has 2 aromatic rings. The maximum atomic E-state index is 12.4. The number of amides is 2. The Hall–Kier alpha value is -4.71. The van der Waals surface area contributed by atoms with Crippen LogP contribution in [0.5, 0.6) is 23.0 Å². The second kappa shape index (κ2) is 14.6. The monoisotopic (exact) mass is 568 g/mol. The van der Waals surface area contributed by atoms with Gasteiger partial charge < -0.3 is 39.4 Å². The molecule has 41 heavy (non-hydrogen) atoms. The number of carbonyl (C=O) groups is 2. The third-order valence-electron chi connectivity index (χ3n) is 6.05. The first kappa shape index (κ1) is 30.8. The summed E-state index contributed by atoms with van der Waals surface area (Å²) in [5.74, 6) is 1.33. The van der Waals surface area contributed by atoms with Crippen LogP contribution >= 0.6 is 0 Å². The molecule has 0 spiro atoms. The second-order valence-electron chi connectivity index (χ2n) is 8.82. The Kier molecular flexibility index (Phi) is 11.0. The number of rotatable bonds is 14. The summed E-state index contributed by atoms with van der Waals surface area (Å²) in [7, 11) is 4.40. The Morgan fingerprint density at radius 3 is 2.59 bits per heavy atom. The molecule has 1 aliphatic heterocycles. The molecular weight excluding hydrogens is 532 g/mol. The first-order valence-electron chi connectivity index (χ1n) is 12.8. The minimum Gasteiger partial charge on any atom is -0.493 e. The minimum atomic E-state index is -1.14. The van der Waals surface area contributed by atoms with Crippen molar-refractivity contribution in [2.24, 2.45) is 5.10 Å². The van der Waals surface area contributed by atoms with Gasteiger partial charge in [-0.25, -0.2) is 9.59 Å². The van der Waals surface area contributed by atoms with Gasteiger partial charge in [0.25, 0.3) is 0 Å². The summed E-state index contributed by atoms with van der Waals surface area (Å²) in [6, 6.07) is 7.46. The number of ether oxygens (including phenoxy) is 5. The third kappa shape index (κ3) is 7.70. The molecule has 0 fully saturated rings. The molecule has 3 rings (SSSR count). The highest BCUT2D eigenvalue weighted by molar-refractivity contribution is 5.95. The standard InChI is InChI=1S/C29H36N4O8/c1-7-9-20-12-18(13-23(37-4)27(20)38-5)15-30-33-24(34)16-41-21-11-10-19(14-22(21)40-8-2)26-25(28(35)39-6)17(3)31-29(36)32-26/h7,10-15,24,26,33-34H,1,8-9,16H2,2-6H3,(H2,31,32,36)/b30-15-/t24-,26-/m1/s1. The van der Waals surface area contributed by atoms with Crippen LogP contribution in [0, 0.1) is 0 Å². The molecule has 12 nitrogen and oxygen atoms in total. The number of hydrogen-bond donors (Lipinski definition) is 4. The number of hydrogen-bond acceptors (Lipinski definition) is 10. The topological polar surface area (TPSA) is 149 Å². The van der Waals surface area contributed by atoms with Crippen LogP contribution in [0.1, 0.15) is 36.6 Å². The van der Waals surface area contributed by atoms with E-state index in [1.54, 1.807) is 57.7 Å². The van der Waals surface area contributed by atoms with Gasteiger partial charge >= 0.3 is 12.0 Å². The lowest BCUT2D eigenvalue weighted by Gasteiger charge is -2.28. The third-order valence-corrected chi connectivity index (χ3v) is 6.05. The molecule has 1 aliphatic rings. The van der Waals surface area contributed by atoms with E-state index in [2.05, 4.69) is 27.7 Å². The van der Waals surface area contributed by atoms with Crippen molar-refractivity contribution in [1.82, 2.24) is 16.1 Å². The highest BCUT2D eigenvalue weighted by Gasteiger charge is 2.32. The van der Waals surface area contributed by atoms with E-state index in [1.807, 2.05) is 13.0 Å². The van der Waals surface area contributed by atoms with Crippen molar-refractivity contribution in [3.05, 3.63) is 70.9 Å². The molecule has 12 heteroatoms. The number of carbonyl (C=O) groups excluding carboxylic acids is 2. The molecule has 1 heterocycles. The zero-order valence-electron chi connectivity index (χ0n) is 23.8. The van der Waals surface area contributed by atoms with Crippen LogP contribution in [0.4, 0.5) is 4.79 Å². The van der Waals surface area contributed by atoms with E-state index in [1.165, 1.54) is 7.11 Å². The number of aliphatic hydroxyl groups is 1. The number of hydrazone groups is 1. The van der Waals surface area contributed by atoms with Gasteiger partial charge in [0, 0.05) is 11.3 Å². The zero-order valence-corrected chi connectivity index (χ0v) is 23.8. The lowest BCUT2D eigenvalue weighted by Crippen LogP contribution is -2.45. The zero-order chi connectivity index (χ0) is 29.9. The van der Waals surface area contributed by atoms with Crippen molar-refractivity contribution < 1.29 is 38.4 Å². The molecule has 0 aromatic heterocycles. The minimum absolute atomic E-state index is 0.152. The largest absolute Gasteiger partial charge is 0.493 e. The number of benzene rings is 2. The average molecular weight is 569 g/mol. The van der Waals surface area contributed by atoms with Crippen molar-refractivity contribution >= 4 is 18.2 Å². The van der Waals surface area contributed by atoms with E-state index in [-0.39, 0.29) is 12.2 Å². The molecule has 220 valence electrons. The molecule has 0 saturated heterocycles. The fraction of sp³-hybridized carbons (Fsp3) is 0.345. The first-order chi connectivity index (χ1) is 19.8. The molecule has 0 bridgehead atoms. The van der Waals surface area contributed by atoms with Gasteiger partial charge in [-0.05, 0) is 55.7 Å². The summed E-state index contributed by atoms with van der Waals surface area (Å²) in [6.45, 7) is 7.40. The predicted octanol–water partition coefficient (Wildman–Crippen LogP) is 2.95. The maximum Gasteiger partial charge on any atom is 0.337 e. The number of aliphatic hydroxyl groups excluding tert-OH is 1. The maximum absolute atomic E-state index is 12.4. The molecule has 2 atom stereocenters. The quantitative estimate of drug-likeness (QED) is 0.0887. The van der Waals surface area contributed by atoms with Crippen LogP contribution in [0.2, 0.25) is 0 Å². The van der Waals surface area contributed by atoms with Crippen molar-refractivity contribution in [3.8, 4) is 23.0 Å². The molecule has 0 aliphatic carbocycles. The predicted molar refractivity (Wildman–Crippen MR) is 152 cm³/mol. The van der Waals surface area contributed by atoms with Crippen LogP contribution in [0.25, 0.3) is 0 Å². The lowest BCUT2D eigenvalue weighted by molar-refractivity contribution is -0.136. The fourth-order valence-electron chi connectivity index (χ4n) is 4.27. The van der Waals surface area contributed by atoms with Crippen molar-refractivity contribution in [1.29, 1.82) is 0 Å². The first-order valence-corrected chi connectivity index (χ1v) is 12.8. The average Bonchev–Trinajstić information content (AvgIpc) is 2.95. The van der Waals surface area contributed by atoms with Crippen molar-refractivity contribution in [2.45, 2.75) is 32.5 Å². The van der Waals surface area contributed by atoms with Gasteiger partial charge in [0.2, 0.25) is 0 Å². The SMILES string of the molecule is C=CCc1cc(/C=N\N[C@H](O)COc2ccc([C@H]3NC(=O)NC(C)=C3C(=O)OC)cc2OCC)cc(OC)c1OC.